The lowest BCUT2D eigenvalue weighted by Gasteiger charge is -2.06. The molecule has 2 aromatic rings. The van der Waals surface area contributed by atoms with Gasteiger partial charge >= 0.3 is 11.9 Å². The zero-order valence-corrected chi connectivity index (χ0v) is 10.7. The molecule has 0 saturated carbocycles. The average Bonchev–Trinajstić information content (AvgIpc) is 2.65. The average molecular weight is 262 g/mol. The number of imidazole rings is 1. The van der Waals surface area contributed by atoms with Gasteiger partial charge in [-0.05, 0) is 32.0 Å². The van der Waals surface area contributed by atoms with Gasteiger partial charge in [-0.3, -0.25) is 4.79 Å². The lowest BCUT2D eigenvalue weighted by atomic mass is 10.2. The summed E-state index contributed by atoms with van der Waals surface area (Å²) in [6.45, 7) is 3.84. The van der Waals surface area contributed by atoms with E-state index in [0.29, 0.717) is 23.5 Å². The fourth-order valence-corrected chi connectivity index (χ4v) is 1.91. The Labute approximate surface area is 109 Å². The lowest BCUT2D eigenvalue weighted by molar-refractivity contribution is -0.143. The Bertz CT molecular complexity index is 645. The van der Waals surface area contributed by atoms with Crippen molar-refractivity contribution in [3.63, 3.8) is 0 Å². The SMILES string of the molecule is CCOC(=O)Cn1c(C)nc2ccc(C(=O)O)cc21. The van der Waals surface area contributed by atoms with Gasteiger partial charge < -0.3 is 14.4 Å². The van der Waals surface area contributed by atoms with Crippen LogP contribution in [-0.4, -0.2) is 33.2 Å². The Morgan fingerprint density at radius 2 is 2.16 bits per heavy atom. The largest absolute Gasteiger partial charge is 0.478 e. The molecule has 0 amide bonds. The number of aromatic carboxylic acids is 1. The van der Waals surface area contributed by atoms with Crippen LogP contribution >= 0.6 is 0 Å². The molecule has 0 unspecified atom stereocenters. The number of hydrogen-bond donors (Lipinski definition) is 1. The fraction of sp³-hybridized carbons (Fsp3) is 0.308. The smallest absolute Gasteiger partial charge is 0.335 e. The minimum atomic E-state index is -1.01. The standard InChI is InChI=1S/C13H14N2O4/c1-3-19-12(16)7-15-8(2)14-10-5-4-9(13(17)18)6-11(10)15/h4-6H,3,7H2,1-2H3,(H,17,18). The van der Waals surface area contributed by atoms with Crippen LogP contribution in [-0.2, 0) is 16.1 Å². The summed E-state index contributed by atoms with van der Waals surface area (Å²) in [6, 6.07) is 4.64. The van der Waals surface area contributed by atoms with Crippen molar-refractivity contribution in [2.24, 2.45) is 0 Å². The Hall–Kier alpha value is -2.37. The normalized spacial score (nSPS) is 10.6. The highest BCUT2D eigenvalue weighted by atomic mass is 16.5. The molecule has 1 aromatic carbocycles. The number of benzene rings is 1. The maximum Gasteiger partial charge on any atom is 0.335 e. The predicted octanol–water partition coefficient (Wildman–Crippen LogP) is 1.61. The molecule has 0 aliphatic carbocycles. The van der Waals surface area contributed by atoms with Crippen molar-refractivity contribution >= 4 is 23.0 Å². The molecule has 1 aromatic heterocycles. The zero-order chi connectivity index (χ0) is 14.0. The number of hydrogen-bond acceptors (Lipinski definition) is 4. The number of carbonyl (C=O) groups is 2. The van der Waals surface area contributed by atoms with Crippen LogP contribution in [0.3, 0.4) is 0 Å². The molecule has 19 heavy (non-hydrogen) atoms. The number of fused-ring (bicyclic) bond motifs is 1. The summed E-state index contributed by atoms with van der Waals surface area (Å²) in [7, 11) is 0. The van der Waals surface area contributed by atoms with Crippen LogP contribution in [0, 0.1) is 6.92 Å². The third-order valence-electron chi connectivity index (χ3n) is 2.78. The summed E-state index contributed by atoms with van der Waals surface area (Å²) < 4.78 is 6.55. The van der Waals surface area contributed by atoms with Crippen LogP contribution in [0.5, 0.6) is 0 Å². The van der Waals surface area contributed by atoms with Crippen LogP contribution < -0.4 is 0 Å². The number of carbonyl (C=O) groups excluding carboxylic acids is 1. The van der Waals surface area contributed by atoms with Gasteiger partial charge in [-0.2, -0.15) is 0 Å². The van der Waals surface area contributed by atoms with E-state index in [1.54, 1.807) is 24.5 Å². The topological polar surface area (TPSA) is 81.4 Å². The molecular weight excluding hydrogens is 248 g/mol. The van der Waals surface area contributed by atoms with E-state index in [4.69, 9.17) is 9.84 Å². The molecule has 6 nitrogen and oxygen atoms in total. The molecule has 0 atom stereocenters. The number of carboxylic acids is 1. The summed E-state index contributed by atoms with van der Waals surface area (Å²) in [6.07, 6.45) is 0. The number of esters is 1. The van der Waals surface area contributed by atoms with Crippen LogP contribution in [0.2, 0.25) is 0 Å². The van der Waals surface area contributed by atoms with Gasteiger partial charge in [-0.1, -0.05) is 0 Å². The number of rotatable bonds is 4. The van der Waals surface area contributed by atoms with Crippen molar-refractivity contribution in [3.8, 4) is 0 Å². The first-order valence-corrected chi connectivity index (χ1v) is 5.88. The van der Waals surface area contributed by atoms with E-state index < -0.39 is 5.97 Å². The van der Waals surface area contributed by atoms with Crippen molar-refractivity contribution in [2.45, 2.75) is 20.4 Å². The first-order chi connectivity index (χ1) is 9.02. The van der Waals surface area contributed by atoms with E-state index in [0.717, 1.165) is 0 Å². The van der Waals surface area contributed by atoms with Crippen LogP contribution in [0.1, 0.15) is 23.1 Å². The zero-order valence-electron chi connectivity index (χ0n) is 10.7. The minimum Gasteiger partial charge on any atom is -0.478 e. The molecule has 1 heterocycles. The molecule has 100 valence electrons. The van der Waals surface area contributed by atoms with E-state index in [9.17, 15) is 9.59 Å². The summed E-state index contributed by atoms with van der Waals surface area (Å²) in [5, 5.41) is 8.99. The molecule has 0 aliphatic rings. The number of aryl methyl sites for hydroxylation is 1. The molecule has 0 aliphatic heterocycles. The first-order valence-electron chi connectivity index (χ1n) is 5.88. The summed E-state index contributed by atoms with van der Waals surface area (Å²) in [4.78, 5) is 26.8. The van der Waals surface area contributed by atoms with Crippen molar-refractivity contribution in [3.05, 3.63) is 29.6 Å². The summed E-state index contributed by atoms with van der Waals surface area (Å²) in [5.41, 5.74) is 1.44. The summed E-state index contributed by atoms with van der Waals surface area (Å²) >= 11 is 0. The van der Waals surface area contributed by atoms with Crippen molar-refractivity contribution in [1.82, 2.24) is 9.55 Å². The second-order valence-electron chi connectivity index (χ2n) is 4.06. The maximum absolute atomic E-state index is 11.5. The predicted molar refractivity (Wildman–Crippen MR) is 68.1 cm³/mol. The third kappa shape index (κ3) is 2.57. The molecule has 0 fully saturated rings. The molecular formula is C13H14N2O4. The van der Waals surface area contributed by atoms with Gasteiger partial charge in [0.15, 0.2) is 0 Å². The van der Waals surface area contributed by atoms with Crippen molar-refractivity contribution in [1.29, 1.82) is 0 Å². The highest BCUT2D eigenvalue weighted by Gasteiger charge is 2.13. The Balaban J connectivity index is 2.46. The van der Waals surface area contributed by atoms with Crippen molar-refractivity contribution < 1.29 is 19.4 Å². The molecule has 0 bridgehead atoms. The molecule has 1 N–H and O–H groups in total. The van der Waals surface area contributed by atoms with Gasteiger partial charge in [-0.15, -0.1) is 0 Å². The van der Waals surface area contributed by atoms with Crippen LogP contribution in [0.25, 0.3) is 11.0 Å². The molecule has 0 radical (unpaired) electrons. The lowest BCUT2D eigenvalue weighted by Crippen LogP contribution is -2.14. The quantitative estimate of drug-likeness (QED) is 0.846. The number of nitrogens with zero attached hydrogens (tertiary/aromatic N) is 2. The van der Waals surface area contributed by atoms with Gasteiger partial charge in [0.1, 0.15) is 12.4 Å². The minimum absolute atomic E-state index is 0.0270. The van der Waals surface area contributed by atoms with Gasteiger partial charge in [0.25, 0.3) is 0 Å². The number of ether oxygens (including phenoxy) is 1. The summed E-state index contributed by atoms with van der Waals surface area (Å²) in [5.74, 6) is -0.736. The van der Waals surface area contributed by atoms with Crippen LogP contribution in [0.4, 0.5) is 0 Å². The van der Waals surface area contributed by atoms with E-state index in [1.165, 1.54) is 12.1 Å². The van der Waals surface area contributed by atoms with Crippen molar-refractivity contribution in [2.75, 3.05) is 6.61 Å². The fourth-order valence-electron chi connectivity index (χ4n) is 1.91. The first kappa shape index (κ1) is 13.1. The number of aromatic nitrogens is 2. The van der Waals surface area contributed by atoms with Gasteiger partial charge in [-0.25, -0.2) is 9.78 Å². The monoisotopic (exact) mass is 262 g/mol. The molecule has 6 heteroatoms. The molecule has 0 spiro atoms. The highest BCUT2D eigenvalue weighted by molar-refractivity contribution is 5.92. The third-order valence-corrected chi connectivity index (χ3v) is 2.78. The van der Waals surface area contributed by atoms with E-state index in [2.05, 4.69) is 4.98 Å². The second kappa shape index (κ2) is 5.09. The highest BCUT2D eigenvalue weighted by Crippen LogP contribution is 2.18. The van der Waals surface area contributed by atoms with E-state index in [1.807, 2.05) is 0 Å². The Morgan fingerprint density at radius 3 is 2.79 bits per heavy atom. The van der Waals surface area contributed by atoms with Gasteiger partial charge in [0.05, 0.1) is 23.2 Å². The van der Waals surface area contributed by atoms with Gasteiger partial charge in [0.2, 0.25) is 0 Å². The van der Waals surface area contributed by atoms with Gasteiger partial charge in [0, 0.05) is 0 Å². The van der Waals surface area contributed by atoms with Crippen LogP contribution in [0.15, 0.2) is 18.2 Å². The number of carboxylic acid groups (broad SMARTS) is 1. The second-order valence-corrected chi connectivity index (χ2v) is 4.06. The Morgan fingerprint density at radius 1 is 1.42 bits per heavy atom. The van der Waals surface area contributed by atoms with E-state index >= 15 is 0 Å². The Kier molecular flexibility index (Phi) is 3.50. The molecule has 2 rings (SSSR count). The molecule has 0 saturated heterocycles. The maximum atomic E-state index is 11.5. The van der Waals surface area contributed by atoms with E-state index in [-0.39, 0.29) is 18.1 Å².